The van der Waals surface area contributed by atoms with Crippen LogP contribution < -0.4 is 0 Å². The van der Waals surface area contributed by atoms with Crippen LogP contribution in [0, 0.1) is 0 Å². The van der Waals surface area contributed by atoms with Gasteiger partial charge in [-0.15, -0.1) is 0 Å². The Bertz CT molecular complexity index is 620. The van der Waals surface area contributed by atoms with Gasteiger partial charge in [0.15, 0.2) is 5.65 Å². The summed E-state index contributed by atoms with van der Waals surface area (Å²) in [6, 6.07) is 7.34. The van der Waals surface area contributed by atoms with Crippen LogP contribution in [0.3, 0.4) is 0 Å². The van der Waals surface area contributed by atoms with E-state index in [1.807, 2.05) is 22.8 Å². The van der Waals surface area contributed by atoms with Gasteiger partial charge in [0.2, 0.25) is 0 Å². The van der Waals surface area contributed by atoms with Gasteiger partial charge in [0.1, 0.15) is 6.29 Å². The molecule has 4 nitrogen and oxygen atoms in total. The van der Waals surface area contributed by atoms with Crippen molar-refractivity contribution in [3.63, 3.8) is 0 Å². The van der Waals surface area contributed by atoms with Gasteiger partial charge in [-0.3, -0.25) is 9.89 Å². The SMILES string of the molecule is O=Cc1ccc2c(c1)nc1cc[nH]n12. The van der Waals surface area contributed by atoms with E-state index in [0.29, 0.717) is 5.56 Å². The van der Waals surface area contributed by atoms with Gasteiger partial charge in [-0.25, -0.2) is 9.50 Å². The van der Waals surface area contributed by atoms with E-state index >= 15 is 0 Å². The summed E-state index contributed by atoms with van der Waals surface area (Å²) >= 11 is 0. The molecule has 1 aromatic carbocycles. The topological polar surface area (TPSA) is 50.2 Å². The maximum absolute atomic E-state index is 10.6. The third-order valence-electron chi connectivity index (χ3n) is 2.28. The Morgan fingerprint density at radius 2 is 2.29 bits per heavy atom. The van der Waals surface area contributed by atoms with Crippen LogP contribution >= 0.6 is 0 Å². The number of hydrogen-bond acceptors (Lipinski definition) is 2. The summed E-state index contributed by atoms with van der Waals surface area (Å²) in [4.78, 5) is 14.9. The molecule has 2 heterocycles. The quantitative estimate of drug-likeness (QED) is 0.586. The highest BCUT2D eigenvalue weighted by molar-refractivity contribution is 5.87. The highest BCUT2D eigenvalue weighted by Crippen LogP contribution is 2.16. The zero-order valence-electron chi connectivity index (χ0n) is 7.27. The lowest BCUT2D eigenvalue weighted by Gasteiger charge is -1.91. The second-order valence-corrected chi connectivity index (χ2v) is 3.13. The standard InChI is InChI=1S/C10H7N3O/c14-6-7-1-2-9-8(5-7)12-10-3-4-11-13(9)10/h1-6,11H. The summed E-state index contributed by atoms with van der Waals surface area (Å²) in [5.74, 6) is 0. The fourth-order valence-corrected chi connectivity index (χ4v) is 1.62. The van der Waals surface area contributed by atoms with E-state index < -0.39 is 0 Å². The van der Waals surface area contributed by atoms with E-state index in [0.717, 1.165) is 23.0 Å². The Kier molecular flexibility index (Phi) is 1.28. The Balaban J connectivity index is 2.49. The van der Waals surface area contributed by atoms with Crippen LogP contribution in [0.4, 0.5) is 0 Å². The van der Waals surface area contributed by atoms with Gasteiger partial charge in [-0.05, 0) is 18.2 Å². The van der Waals surface area contributed by atoms with Gasteiger partial charge in [-0.1, -0.05) is 0 Å². The average Bonchev–Trinajstić information content (AvgIpc) is 2.75. The maximum Gasteiger partial charge on any atom is 0.154 e. The van der Waals surface area contributed by atoms with Gasteiger partial charge in [0.05, 0.1) is 11.0 Å². The van der Waals surface area contributed by atoms with E-state index in [1.54, 1.807) is 12.1 Å². The molecule has 3 aromatic rings. The van der Waals surface area contributed by atoms with Crippen molar-refractivity contribution in [2.45, 2.75) is 0 Å². The van der Waals surface area contributed by atoms with Crippen molar-refractivity contribution in [3.8, 4) is 0 Å². The number of H-pyrrole nitrogens is 1. The zero-order valence-corrected chi connectivity index (χ0v) is 7.27. The first-order valence-corrected chi connectivity index (χ1v) is 4.29. The minimum atomic E-state index is 0.651. The van der Waals surface area contributed by atoms with Crippen LogP contribution in [-0.4, -0.2) is 20.9 Å². The third-order valence-corrected chi connectivity index (χ3v) is 2.28. The first-order valence-electron chi connectivity index (χ1n) is 4.29. The molecule has 0 amide bonds. The highest BCUT2D eigenvalue weighted by Gasteiger charge is 2.04. The van der Waals surface area contributed by atoms with E-state index in [2.05, 4.69) is 10.1 Å². The molecule has 0 spiro atoms. The number of aldehydes is 1. The zero-order chi connectivity index (χ0) is 9.54. The second kappa shape index (κ2) is 2.45. The van der Waals surface area contributed by atoms with Gasteiger partial charge >= 0.3 is 0 Å². The number of carbonyl (C=O) groups excluding carboxylic acids is 1. The first-order chi connectivity index (χ1) is 6.88. The van der Waals surface area contributed by atoms with Crippen LogP contribution in [0.15, 0.2) is 30.5 Å². The number of nitrogens with zero attached hydrogens (tertiary/aromatic N) is 2. The molecule has 1 N–H and O–H groups in total. The molecule has 0 saturated heterocycles. The van der Waals surface area contributed by atoms with Crippen molar-refractivity contribution < 1.29 is 4.79 Å². The van der Waals surface area contributed by atoms with Crippen LogP contribution in [0.25, 0.3) is 16.7 Å². The predicted octanol–water partition coefficient (Wildman–Crippen LogP) is 1.63. The number of nitrogens with one attached hydrogen (secondary N) is 1. The third kappa shape index (κ3) is 0.821. The number of imidazole rings is 1. The van der Waals surface area contributed by atoms with Crippen LogP contribution in [0.1, 0.15) is 10.4 Å². The highest BCUT2D eigenvalue weighted by atomic mass is 16.1. The van der Waals surface area contributed by atoms with Crippen LogP contribution in [0.5, 0.6) is 0 Å². The predicted molar refractivity (Wildman–Crippen MR) is 52.4 cm³/mol. The Labute approximate surface area is 79.2 Å². The van der Waals surface area contributed by atoms with E-state index in [-0.39, 0.29) is 0 Å². The molecule has 14 heavy (non-hydrogen) atoms. The fraction of sp³-hybridized carbons (Fsp3) is 0. The number of rotatable bonds is 1. The molecule has 0 radical (unpaired) electrons. The number of hydrogen-bond donors (Lipinski definition) is 1. The van der Waals surface area contributed by atoms with Crippen molar-refractivity contribution in [1.29, 1.82) is 0 Å². The number of aromatic nitrogens is 3. The molecule has 0 saturated carbocycles. The van der Waals surface area contributed by atoms with Crippen molar-refractivity contribution in [2.75, 3.05) is 0 Å². The first kappa shape index (κ1) is 7.32. The summed E-state index contributed by atoms with van der Waals surface area (Å²) in [6.07, 6.45) is 2.66. The molecule has 3 rings (SSSR count). The van der Waals surface area contributed by atoms with Gasteiger partial charge in [-0.2, -0.15) is 0 Å². The summed E-state index contributed by atoms with van der Waals surface area (Å²) in [5.41, 5.74) is 3.33. The molecule has 0 aliphatic rings. The molecule has 68 valence electrons. The molecule has 4 heteroatoms. The summed E-state index contributed by atoms with van der Waals surface area (Å²) in [5, 5.41) is 3.05. The van der Waals surface area contributed by atoms with Crippen LogP contribution in [-0.2, 0) is 0 Å². The average molecular weight is 185 g/mol. The number of benzene rings is 1. The minimum absolute atomic E-state index is 0.651. The molecule has 0 fully saturated rings. The maximum atomic E-state index is 10.6. The van der Waals surface area contributed by atoms with E-state index in [1.165, 1.54) is 0 Å². The normalized spacial score (nSPS) is 11.1. The summed E-state index contributed by atoms with van der Waals surface area (Å²) < 4.78 is 1.88. The van der Waals surface area contributed by atoms with Crippen LogP contribution in [0.2, 0.25) is 0 Å². The van der Waals surface area contributed by atoms with Gasteiger partial charge in [0.25, 0.3) is 0 Å². The van der Waals surface area contributed by atoms with E-state index in [4.69, 9.17) is 0 Å². The second-order valence-electron chi connectivity index (χ2n) is 3.13. The molecule has 0 unspecified atom stereocenters. The van der Waals surface area contributed by atoms with Crippen molar-refractivity contribution in [2.24, 2.45) is 0 Å². The molecule has 0 bridgehead atoms. The van der Waals surface area contributed by atoms with Crippen molar-refractivity contribution in [1.82, 2.24) is 14.6 Å². The molecule has 0 aliphatic carbocycles. The Hall–Kier alpha value is -2.10. The lowest BCUT2D eigenvalue weighted by atomic mass is 10.2. The summed E-state index contributed by atoms with van der Waals surface area (Å²) in [7, 11) is 0. The summed E-state index contributed by atoms with van der Waals surface area (Å²) in [6.45, 7) is 0. The molecule has 2 aromatic heterocycles. The Morgan fingerprint density at radius 3 is 3.14 bits per heavy atom. The minimum Gasteiger partial charge on any atom is -0.299 e. The lowest BCUT2D eigenvalue weighted by Crippen LogP contribution is -1.83. The fourth-order valence-electron chi connectivity index (χ4n) is 1.62. The van der Waals surface area contributed by atoms with Crippen molar-refractivity contribution >= 4 is 23.0 Å². The molecule has 0 atom stereocenters. The Morgan fingerprint density at radius 1 is 1.36 bits per heavy atom. The number of carbonyl (C=O) groups is 1. The molecule has 0 aliphatic heterocycles. The lowest BCUT2D eigenvalue weighted by molar-refractivity contribution is 0.112. The van der Waals surface area contributed by atoms with Gasteiger partial charge < -0.3 is 0 Å². The smallest absolute Gasteiger partial charge is 0.154 e. The van der Waals surface area contributed by atoms with Crippen molar-refractivity contribution in [3.05, 3.63) is 36.0 Å². The number of aromatic amines is 1. The number of fused-ring (bicyclic) bond motifs is 3. The monoisotopic (exact) mass is 185 g/mol. The molecular weight excluding hydrogens is 178 g/mol. The van der Waals surface area contributed by atoms with Gasteiger partial charge in [0, 0.05) is 17.8 Å². The van der Waals surface area contributed by atoms with E-state index in [9.17, 15) is 4.79 Å². The largest absolute Gasteiger partial charge is 0.299 e. The molecular formula is C10H7N3O.